The quantitative estimate of drug-likeness (QED) is 0.364. The summed E-state index contributed by atoms with van der Waals surface area (Å²) in [5.74, 6) is 1.07. The van der Waals surface area contributed by atoms with Gasteiger partial charge < -0.3 is 15.8 Å². The summed E-state index contributed by atoms with van der Waals surface area (Å²) in [5.41, 5.74) is 6.86. The lowest BCUT2D eigenvalue weighted by molar-refractivity contribution is 0.254. The van der Waals surface area contributed by atoms with Gasteiger partial charge in [0.15, 0.2) is 5.96 Å². The maximum Gasteiger partial charge on any atom is 0.211 e. The highest BCUT2D eigenvalue weighted by Crippen LogP contribution is 2.19. The first-order valence-corrected chi connectivity index (χ1v) is 9.89. The van der Waals surface area contributed by atoms with Crippen LogP contribution in [0.3, 0.4) is 0 Å². The van der Waals surface area contributed by atoms with Crippen molar-refractivity contribution in [3.05, 3.63) is 29.8 Å². The molecule has 7 nitrogen and oxygen atoms in total. The van der Waals surface area contributed by atoms with Gasteiger partial charge in [-0.1, -0.05) is 24.6 Å². The van der Waals surface area contributed by atoms with Gasteiger partial charge in [0.25, 0.3) is 0 Å². The summed E-state index contributed by atoms with van der Waals surface area (Å²) in [6.45, 7) is 1.45. The lowest BCUT2D eigenvalue weighted by atomic mass is 10.1. The van der Waals surface area contributed by atoms with Crippen LogP contribution in [-0.2, 0) is 16.6 Å². The van der Waals surface area contributed by atoms with E-state index in [1.807, 2.05) is 24.3 Å². The lowest BCUT2D eigenvalue weighted by Crippen LogP contribution is -2.50. The van der Waals surface area contributed by atoms with Crippen LogP contribution >= 0.6 is 24.0 Å². The Morgan fingerprint density at radius 2 is 2.12 bits per heavy atom. The maximum atomic E-state index is 11.8. The van der Waals surface area contributed by atoms with Crippen molar-refractivity contribution in [1.29, 1.82) is 0 Å². The number of sulfonamides is 1. The van der Waals surface area contributed by atoms with Gasteiger partial charge in [-0.05, 0) is 18.9 Å². The summed E-state index contributed by atoms with van der Waals surface area (Å²) in [4.78, 5) is 4.31. The molecule has 0 saturated carbocycles. The molecule has 1 heterocycles. The number of para-hydroxylation sites is 1. The first-order chi connectivity index (χ1) is 11.4. The van der Waals surface area contributed by atoms with Gasteiger partial charge in [0.1, 0.15) is 5.75 Å². The van der Waals surface area contributed by atoms with Gasteiger partial charge in [-0.15, -0.1) is 24.0 Å². The van der Waals surface area contributed by atoms with E-state index in [-0.39, 0.29) is 30.0 Å². The Balaban J connectivity index is 0.00000312. The molecule has 142 valence electrons. The number of ether oxygens (including phenoxy) is 1. The van der Waals surface area contributed by atoms with Crippen LogP contribution in [0.4, 0.5) is 0 Å². The van der Waals surface area contributed by atoms with Gasteiger partial charge in [-0.25, -0.2) is 13.4 Å². The predicted octanol–water partition coefficient (Wildman–Crippen LogP) is 1.53. The van der Waals surface area contributed by atoms with E-state index >= 15 is 0 Å². The minimum atomic E-state index is -3.19. The highest BCUT2D eigenvalue weighted by molar-refractivity contribution is 14.0. The first kappa shape index (κ1) is 22.0. The monoisotopic (exact) mass is 482 g/mol. The van der Waals surface area contributed by atoms with E-state index in [9.17, 15) is 8.42 Å². The van der Waals surface area contributed by atoms with Crippen LogP contribution in [0.15, 0.2) is 29.3 Å². The molecule has 2 rings (SSSR count). The zero-order chi connectivity index (χ0) is 17.6. The summed E-state index contributed by atoms with van der Waals surface area (Å²) in [7, 11) is -1.57. The van der Waals surface area contributed by atoms with Gasteiger partial charge in [0.2, 0.25) is 10.0 Å². The van der Waals surface area contributed by atoms with Crippen LogP contribution in [0.5, 0.6) is 5.75 Å². The Kier molecular flexibility index (Phi) is 8.94. The van der Waals surface area contributed by atoms with Gasteiger partial charge in [-0.3, -0.25) is 0 Å². The number of nitrogens with one attached hydrogen (secondary N) is 1. The molecule has 3 N–H and O–H groups in total. The molecule has 0 aromatic heterocycles. The second-order valence-electron chi connectivity index (χ2n) is 5.92. The average Bonchev–Trinajstić information content (AvgIpc) is 2.57. The highest BCUT2D eigenvalue weighted by Gasteiger charge is 2.29. The Hall–Kier alpha value is -1.07. The van der Waals surface area contributed by atoms with E-state index in [4.69, 9.17) is 10.5 Å². The molecule has 1 atom stereocenters. The molecule has 25 heavy (non-hydrogen) atoms. The molecular weight excluding hydrogens is 455 g/mol. The van der Waals surface area contributed by atoms with Gasteiger partial charge in [0, 0.05) is 24.7 Å². The van der Waals surface area contributed by atoms with Crippen molar-refractivity contribution < 1.29 is 13.2 Å². The average molecular weight is 482 g/mol. The van der Waals surface area contributed by atoms with Crippen molar-refractivity contribution in [3.63, 3.8) is 0 Å². The van der Waals surface area contributed by atoms with E-state index in [2.05, 4.69) is 10.3 Å². The fourth-order valence-corrected chi connectivity index (χ4v) is 4.08. The molecule has 1 aromatic carbocycles. The number of aliphatic imine (C=N–C) groups is 1. The third-order valence-corrected chi connectivity index (χ3v) is 5.46. The molecule has 0 aliphatic carbocycles. The largest absolute Gasteiger partial charge is 0.496 e. The molecule has 1 saturated heterocycles. The van der Waals surface area contributed by atoms with Crippen LogP contribution in [0, 0.1) is 0 Å². The van der Waals surface area contributed by atoms with Crippen molar-refractivity contribution in [1.82, 2.24) is 9.62 Å². The molecule has 0 bridgehead atoms. The minimum Gasteiger partial charge on any atom is -0.496 e. The van der Waals surface area contributed by atoms with E-state index in [1.165, 1.54) is 6.26 Å². The number of hydrogen-bond acceptors (Lipinski definition) is 4. The second kappa shape index (κ2) is 10.2. The number of piperidine rings is 1. The molecule has 0 spiro atoms. The Bertz CT molecular complexity index is 682. The van der Waals surface area contributed by atoms with E-state index < -0.39 is 10.0 Å². The molecule has 9 heteroatoms. The van der Waals surface area contributed by atoms with Gasteiger partial charge >= 0.3 is 0 Å². The minimum absolute atomic E-state index is 0. The number of nitrogens with zero attached hydrogens (tertiary/aromatic N) is 2. The molecule has 0 amide bonds. The summed E-state index contributed by atoms with van der Waals surface area (Å²) < 4.78 is 30.5. The third kappa shape index (κ3) is 6.63. The summed E-state index contributed by atoms with van der Waals surface area (Å²) in [6.07, 6.45) is 4.02. The van der Waals surface area contributed by atoms with Gasteiger partial charge in [0.05, 0.1) is 19.9 Å². The summed E-state index contributed by atoms with van der Waals surface area (Å²) in [5, 5.41) is 3.04. The standard InChI is InChI=1S/C16H26N4O3S.HI/c1-23-15-9-4-3-7-13(15)11-18-16(17)19-12-14-8-5-6-10-20(14)24(2,21)22;/h3-4,7,9,14H,5-6,8,10-12H2,1-2H3,(H3,17,18,19);1H. The lowest BCUT2D eigenvalue weighted by Gasteiger charge is -2.33. The van der Waals surface area contributed by atoms with Crippen molar-refractivity contribution in [2.75, 3.05) is 26.5 Å². The third-order valence-electron chi connectivity index (χ3n) is 4.13. The predicted molar refractivity (Wildman–Crippen MR) is 111 cm³/mol. The fourth-order valence-electron chi connectivity index (χ4n) is 2.90. The van der Waals surface area contributed by atoms with E-state index in [1.54, 1.807) is 11.4 Å². The van der Waals surface area contributed by atoms with Crippen molar-refractivity contribution in [2.45, 2.75) is 31.8 Å². The molecule has 1 aliphatic heterocycles. The molecule has 1 aromatic rings. The number of rotatable bonds is 6. The van der Waals surface area contributed by atoms with Crippen molar-refractivity contribution >= 4 is 40.0 Å². The van der Waals surface area contributed by atoms with Crippen LogP contribution in [0.25, 0.3) is 0 Å². The Labute approximate surface area is 167 Å². The normalized spacial score (nSPS) is 19.1. The number of hydrogen-bond donors (Lipinski definition) is 2. The topological polar surface area (TPSA) is 97.0 Å². The van der Waals surface area contributed by atoms with Crippen LogP contribution in [-0.4, -0.2) is 51.2 Å². The summed E-state index contributed by atoms with van der Waals surface area (Å²) in [6, 6.07) is 7.55. The second-order valence-corrected chi connectivity index (χ2v) is 7.85. The number of benzene rings is 1. The SMILES string of the molecule is COc1ccccc1CN=C(N)NCC1CCCCN1S(C)(=O)=O.I. The van der Waals surface area contributed by atoms with Crippen molar-refractivity contribution in [3.8, 4) is 5.75 Å². The number of halogens is 1. The van der Waals surface area contributed by atoms with E-state index in [0.29, 0.717) is 25.6 Å². The highest BCUT2D eigenvalue weighted by atomic mass is 127. The maximum absolute atomic E-state index is 11.8. The number of methoxy groups -OCH3 is 1. The fraction of sp³-hybridized carbons (Fsp3) is 0.562. The van der Waals surface area contributed by atoms with Crippen LogP contribution in [0.2, 0.25) is 0 Å². The summed E-state index contributed by atoms with van der Waals surface area (Å²) >= 11 is 0. The zero-order valence-corrected chi connectivity index (χ0v) is 17.8. The van der Waals surface area contributed by atoms with Crippen molar-refractivity contribution in [2.24, 2.45) is 10.7 Å². The number of guanidine groups is 1. The van der Waals surface area contributed by atoms with Crippen LogP contribution in [0.1, 0.15) is 24.8 Å². The molecule has 1 aliphatic rings. The Morgan fingerprint density at radius 3 is 2.80 bits per heavy atom. The first-order valence-electron chi connectivity index (χ1n) is 8.04. The molecule has 1 unspecified atom stereocenters. The number of nitrogens with two attached hydrogens (primary N) is 1. The smallest absolute Gasteiger partial charge is 0.211 e. The molecule has 0 radical (unpaired) electrons. The molecule has 1 fully saturated rings. The molecular formula is C16H27IN4O3S. The van der Waals surface area contributed by atoms with E-state index in [0.717, 1.165) is 30.6 Å². The van der Waals surface area contributed by atoms with Gasteiger partial charge in [-0.2, -0.15) is 4.31 Å². The Morgan fingerprint density at radius 1 is 1.40 bits per heavy atom. The zero-order valence-electron chi connectivity index (χ0n) is 14.6. The van der Waals surface area contributed by atoms with Crippen LogP contribution < -0.4 is 15.8 Å².